The first-order chi connectivity index (χ1) is 7.65. The number of aryl methyl sites for hydroxylation is 1. The molecule has 0 fully saturated rings. The number of anilines is 1. The molecule has 82 valence electrons. The van der Waals surface area contributed by atoms with E-state index in [2.05, 4.69) is 9.97 Å². The van der Waals surface area contributed by atoms with Gasteiger partial charge in [0.15, 0.2) is 5.95 Å². The van der Waals surface area contributed by atoms with Crippen molar-refractivity contribution in [2.75, 3.05) is 5.73 Å². The molecule has 2 aromatic rings. The van der Waals surface area contributed by atoms with E-state index in [4.69, 9.17) is 5.73 Å². The maximum Gasteiger partial charge on any atom is 0.266 e. The van der Waals surface area contributed by atoms with Gasteiger partial charge in [-0.2, -0.15) is 0 Å². The molecular weight excluding hydrogens is 222 g/mol. The van der Waals surface area contributed by atoms with Gasteiger partial charge in [0.1, 0.15) is 0 Å². The van der Waals surface area contributed by atoms with Crippen LogP contribution in [0.1, 0.15) is 5.56 Å². The van der Waals surface area contributed by atoms with E-state index in [1.807, 2.05) is 31.2 Å². The average molecular weight is 233 g/mol. The van der Waals surface area contributed by atoms with E-state index in [0.29, 0.717) is 4.90 Å². The third-order valence-corrected chi connectivity index (χ3v) is 3.00. The van der Waals surface area contributed by atoms with Crippen LogP contribution in [0.2, 0.25) is 0 Å². The summed E-state index contributed by atoms with van der Waals surface area (Å²) in [4.78, 5) is 19.4. The van der Waals surface area contributed by atoms with Crippen molar-refractivity contribution in [3.8, 4) is 0 Å². The molecule has 0 atom stereocenters. The Morgan fingerprint density at radius 1 is 1.44 bits per heavy atom. The van der Waals surface area contributed by atoms with E-state index in [9.17, 15) is 4.79 Å². The van der Waals surface area contributed by atoms with E-state index in [1.54, 1.807) is 0 Å². The molecule has 4 nitrogen and oxygen atoms in total. The molecule has 1 aromatic heterocycles. The van der Waals surface area contributed by atoms with Gasteiger partial charge in [-0.05, 0) is 19.1 Å². The molecule has 5 heteroatoms. The lowest BCUT2D eigenvalue weighted by atomic mass is 10.2. The minimum Gasteiger partial charge on any atom is -0.369 e. The first-order valence-electron chi connectivity index (χ1n) is 4.74. The molecule has 0 aliphatic carbocycles. The number of benzene rings is 1. The third kappa shape index (κ3) is 2.43. The lowest BCUT2D eigenvalue weighted by molar-refractivity contribution is 1.06. The Kier molecular flexibility index (Phi) is 2.96. The zero-order chi connectivity index (χ0) is 11.5. The summed E-state index contributed by atoms with van der Waals surface area (Å²) >= 11 is 1.38. The molecule has 0 bridgehead atoms. The van der Waals surface area contributed by atoms with Crippen molar-refractivity contribution >= 4 is 17.7 Å². The van der Waals surface area contributed by atoms with Crippen LogP contribution in [0.4, 0.5) is 5.95 Å². The fourth-order valence-electron chi connectivity index (χ4n) is 1.28. The molecule has 16 heavy (non-hydrogen) atoms. The van der Waals surface area contributed by atoms with Crippen LogP contribution in [0.25, 0.3) is 0 Å². The predicted octanol–water partition coefficient (Wildman–Crippen LogP) is 1.81. The highest BCUT2D eigenvalue weighted by Crippen LogP contribution is 2.24. The summed E-state index contributed by atoms with van der Waals surface area (Å²) < 4.78 is 0. The SMILES string of the molecule is Cc1cccc(Sc2cnc(N)[nH]c2=O)c1. The lowest BCUT2D eigenvalue weighted by Gasteiger charge is -2.01. The first-order valence-corrected chi connectivity index (χ1v) is 5.56. The summed E-state index contributed by atoms with van der Waals surface area (Å²) in [5.74, 6) is 0.138. The average Bonchev–Trinajstić information content (AvgIpc) is 2.22. The van der Waals surface area contributed by atoms with Crippen LogP contribution in [0.3, 0.4) is 0 Å². The van der Waals surface area contributed by atoms with Crippen molar-refractivity contribution in [2.24, 2.45) is 0 Å². The van der Waals surface area contributed by atoms with Crippen LogP contribution in [0, 0.1) is 6.92 Å². The number of H-pyrrole nitrogens is 1. The maximum absolute atomic E-state index is 11.5. The van der Waals surface area contributed by atoms with Gasteiger partial charge in [0.05, 0.1) is 11.1 Å². The molecule has 1 aromatic carbocycles. The number of nitrogens with one attached hydrogen (secondary N) is 1. The number of aromatic nitrogens is 2. The Morgan fingerprint density at radius 3 is 2.94 bits per heavy atom. The molecule has 0 saturated heterocycles. The van der Waals surface area contributed by atoms with Crippen molar-refractivity contribution in [1.29, 1.82) is 0 Å². The smallest absolute Gasteiger partial charge is 0.266 e. The maximum atomic E-state index is 11.5. The van der Waals surface area contributed by atoms with Crippen molar-refractivity contribution in [3.63, 3.8) is 0 Å². The second kappa shape index (κ2) is 4.40. The number of nitrogen functional groups attached to an aromatic ring is 1. The number of nitrogens with zero attached hydrogens (tertiary/aromatic N) is 1. The summed E-state index contributed by atoms with van der Waals surface area (Å²) in [5.41, 5.74) is 6.32. The van der Waals surface area contributed by atoms with Gasteiger partial charge in [-0.1, -0.05) is 29.5 Å². The molecule has 2 rings (SSSR count). The van der Waals surface area contributed by atoms with Gasteiger partial charge < -0.3 is 5.73 Å². The van der Waals surface area contributed by atoms with Gasteiger partial charge >= 0.3 is 0 Å². The van der Waals surface area contributed by atoms with Crippen LogP contribution >= 0.6 is 11.8 Å². The molecule has 1 heterocycles. The predicted molar refractivity (Wildman–Crippen MR) is 64.6 cm³/mol. The van der Waals surface area contributed by atoms with Gasteiger partial charge in [0.2, 0.25) is 0 Å². The molecule has 0 amide bonds. The normalized spacial score (nSPS) is 10.3. The second-order valence-electron chi connectivity index (χ2n) is 3.38. The Labute approximate surface area is 96.9 Å². The van der Waals surface area contributed by atoms with Crippen LogP contribution in [0.15, 0.2) is 45.0 Å². The van der Waals surface area contributed by atoms with E-state index < -0.39 is 0 Å². The van der Waals surface area contributed by atoms with Gasteiger partial charge in [0, 0.05) is 4.90 Å². The highest BCUT2D eigenvalue weighted by molar-refractivity contribution is 7.99. The van der Waals surface area contributed by atoms with Crippen molar-refractivity contribution < 1.29 is 0 Å². The Hall–Kier alpha value is -1.75. The largest absolute Gasteiger partial charge is 0.369 e. The molecule has 3 N–H and O–H groups in total. The highest BCUT2D eigenvalue weighted by Gasteiger charge is 2.03. The zero-order valence-corrected chi connectivity index (χ0v) is 9.54. The van der Waals surface area contributed by atoms with Crippen LogP contribution < -0.4 is 11.3 Å². The fraction of sp³-hybridized carbons (Fsp3) is 0.0909. The second-order valence-corrected chi connectivity index (χ2v) is 4.50. The molecule has 0 radical (unpaired) electrons. The Bertz CT molecular complexity index is 565. The molecule has 0 unspecified atom stereocenters. The molecule has 0 aliphatic rings. The topological polar surface area (TPSA) is 71.8 Å². The summed E-state index contributed by atoms with van der Waals surface area (Å²) in [5, 5.41) is 0. The van der Waals surface area contributed by atoms with Gasteiger partial charge in [-0.15, -0.1) is 0 Å². The van der Waals surface area contributed by atoms with Crippen molar-refractivity contribution in [3.05, 3.63) is 46.4 Å². The van der Waals surface area contributed by atoms with Gasteiger partial charge in [0.25, 0.3) is 5.56 Å². The minimum atomic E-state index is -0.209. The summed E-state index contributed by atoms with van der Waals surface area (Å²) in [6.45, 7) is 2.01. The molecule has 0 aliphatic heterocycles. The molecular formula is C11H11N3OS. The summed E-state index contributed by atoms with van der Waals surface area (Å²) in [6, 6.07) is 7.93. The van der Waals surface area contributed by atoms with Crippen LogP contribution in [-0.2, 0) is 0 Å². The quantitative estimate of drug-likeness (QED) is 0.829. The van der Waals surface area contributed by atoms with Crippen LogP contribution in [-0.4, -0.2) is 9.97 Å². The third-order valence-electron chi connectivity index (χ3n) is 2.00. The summed E-state index contributed by atoms with van der Waals surface area (Å²) in [6.07, 6.45) is 1.49. The minimum absolute atomic E-state index is 0.138. The molecule has 0 spiro atoms. The monoisotopic (exact) mass is 233 g/mol. The lowest BCUT2D eigenvalue weighted by Crippen LogP contribution is -2.11. The first kappa shape index (κ1) is 10.8. The number of hydrogen-bond donors (Lipinski definition) is 2. The van der Waals surface area contributed by atoms with Crippen molar-refractivity contribution in [2.45, 2.75) is 16.7 Å². The van der Waals surface area contributed by atoms with Crippen LogP contribution in [0.5, 0.6) is 0 Å². The standard InChI is InChI=1S/C11H11N3OS/c1-7-3-2-4-8(5-7)16-9-6-13-11(12)14-10(9)15/h2-6H,1H3,(H3,12,13,14,15). The molecule has 0 saturated carbocycles. The highest BCUT2D eigenvalue weighted by atomic mass is 32.2. The Morgan fingerprint density at radius 2 is 2.25 bits per heavy atom. The van der Waals surface area contributed by atoms with E-state index >= 15 is 0 Å². The fourth-order valence-corrected chi connectivity index (χ4v) is 2.17. The van der Waals surface area contributed by atoms with Gasteiger partial charge in [-0.3, -0.25) is 9.78 Å². The van der Waals surface area contributed by atoms with Gasteiger partial charge in [-0.25, -0.2) is 4.98 Å². The number of nitrogens with two attached hydrogens (primary N) is 1. The van der Waals surface area contributed by atoms with Crippen molar-refractivity contribution in [1.82, 2.24) is 9.97 Å². The number of hydrogen-bond acceptors (Lipinski definition) is 4. The number of aromatic amines is 1. The Balaban J connectivity index is 2.31. The van der Waals surface area contributed by atoms with E-state index in [0.717, 1.165) is 10.5 Å². The van der Waals surface area contributed by atoms with E-state index in [1.165, 1.54) is 18.0 Å². The van der Waals surface area contributed by atoms with E-state index in [-0.39, 0.29) is 11.5 Å². The zero-order valence-electron chi connectivity index (χ0n) is 8.73. The summed E-state index contributed by atoms with van der Waals surface area (Å²) in [7, 11) is 0. The number of rotatable bonds is 2.